The summed E-state index contributed by atoms with van der Waals surface area (Å²) in [6, 6.07) is 2.08. The normalized spacial score (nSPS) is 17.3. The van der Waals surface area contributed by atoms with Crippen molar-refractivity contribution in [3.63, 3.8) is 0 Å². The van der Waals surface area contributed by atoms with Crippen molar-refractivity contribution in [3.8, 4) is 5.75 Å². The maximum Gasteiger partial charge on any atom is 0.416 e. The van der Waals surface area contributed by atoms with E-state index in [1.807, 2.05) is 25.7 Å². The van der Waals surface area contributed by atoms with Crippen LogP contribution in [0, 0.1) is 6.92 Å². The van der Waals surface area contributed by atoms with Crippen molar-refractivity contribution in [2.45, 2.75) is 71.8 Å². The number of carbonyl (C=O) groups is 2. The summed E-state index contributed by atoms with van der Waals surface area (Å²) < 4.78 is 41.1. The average Bonchev–Trinajstić information content (AvgIpc) is 3.03. The third-order valence-corrected chi connectivity index (χ3v) is 9.25. The fourth-order valence-corrected chi connectivity index (χ4v) is 6.69. The van der Waals surface area contributed by atoms with Crippen molar-refractivity contribution in [1.82, 2.24) is 34.6 Å². The number of nitrogens with one attached hydrogen (secondary N) is 1. The van der Waals surface area contributed by atoms with E-state index >= 15 is 0 Å². The molecule has 1 aromatic carbocycles. The molecule has 1 saturated heterocycles. The number of rotatable bonds is 7. The highest BCUT2D eigenvalue weighted by Crippen LogP contribution is 2.39. The molecule has 262 valence electrons. The molecule has 6 rings (SSSR count). The number of aromatic hydroxyl groups is 1. The van der Waals surface area contributed by atoms with Crippen LogP contribution in [0.25, 0.3) is 17.2 Å². The first-order valence-electron chi connectivity index (χ1n) is 15.9. The number of allylic oxidation sites excluding steroid dienone is 1. The summed E-state index contributed by atoms with van der Waals surface area (Å²) in [5.41, 5.74) is 0.490. The maximum atomic E-state index is 14.4. The minimum Gasteiger partial charge on any atom is -0.504 e. The van der Waals surface area contributed by atoms with E-state index in [4.69, 9.17) is 11.6 Å². The number of alkyl halides is 3. The van der Waals surface area contributed by atoms with E-state index in [0.29, 0.717) is 24.2 Å². The Morgan fingerprint density at radius 3 is 2.50 bits per heavy atom. The van der Waals surface area contributed by atoms with Crippen LogP contribution in [0.2, 0.25) is 5.02 Å². The number of anilines is 2. The Balaban J connectivity index is 1.40. The van der Waals surface area contributed by atoms with Gasteiger partial charge in [0.1, 0.15) is 18.6 Å². The number of hydrogen-bond acceptors (Lipinski definition) is 10. The largest absolute Gasteiger partial charge is 0.504 e. The molecule has 1 aliphatic heterocycles. The number of amides is 2. The summed E-state index contributed by atoms with van der Waals surface area (Å²) in [7, 11) is 0. The Morgan fingerprint density at radius 2 is 1.86 bits per heavy atom. The van der Waals surface area contributed by atoms with E-state index in [2.05, 4.69) is 30.5 Å². The Labute approximate surface area is 288 Å². The second-order valence-corrected chi connectivity index (χ2v) is 12.8. The Hall–Kier alpha value is -5.12. The molecule has 4 aromatic rings. The van der Waals surface area contributed by atoms with Crippen LogP contribution in [0.4, 0.5) is 24.5 Å². The number of hydrogen-bond donors (Lipinski definition) is 2. The van der Waals surface area contributed by atoms with Crippen molar-refractivity contribution in [2.24, 2.45) is 0 Å². The van der Waals surface area contributed by atoms with Crippen molar-refractivity contribution < 1.29 is 27.9 Å². The summed E-state index contributed by atoms with van der Waals surface area (Å²) in [5.74, 6) is -1.15. The monoisotopic (exact) mass is 711 g/mol. The van der Waals surface area contributed by atoms with Gasteiger partial charge in [-0.15, -0.1) is 10.2 Å². The minimum absolute atomic E-state index is 0.0178. The third-order valence-electron chi connectivity index (χ3n) is 8.94. The lowest BCUT2D eigenvalue weighted by Crippen LogP contribution is -2.67. The molecule has 0 bridgehead atoms. The van der Waals surface area contributed by atoms with Gasteiger partial charge in [0.05, 0.1) is 28.0 Å². The molecule has 0 radical (unpaired) electrons. The first kappa shape index (κ1) is 34.7. The number of piperazine rings is 1. The molecule has 50 heavy (non-hydrogen) atoms. The minimum atomic E-state index is -4.61. The fourth-order valence-electron chi connectivity index (χ4n) is 6.46. The number of aryl methyl sites for hydroxylation is 1. The zero-order valence-corrected chi connectivity index (χ0v) is 28.3. The van der Waals surface area contributed by atoms with Gasteiger partial charge >= 0.3 is 6.18 Å². The van der Waals surface area contributed by atoms with Gasteiger partial charge in [-0.1, -0.05) is 24.1 Å². The highest BCUT2D eigenvalue weighted by atomic mass is 35.5. The summed E-state index contributed by atoms with van der Waals surface area (Å²) in [6.07, 6.45) is -0.106. The predicted octanol–water partition coefficient (Wildman–Crippen LogP) is 4.78. The van der Waals surface area contributed by atoms with Crippen molar-refractivity contribution in [2.75, 3.05) is 23.3 Å². The number of fused-ring (bicyclic) bond motifs is 2. The maximum absolute atomic E-state index is 14.4. The van der Waals surface area contributed by atoms with E-state index in [1.165, 1.54) is 6.33 Å². The van der Waals surface area contributed by atoms with E-state index in [9.17, 15) is 32.7 Å². The second-order valence-electron chi connectivity index (χ2n) is 12.4. The van der Waals surface area contributed by atoms with Crippen LogP contribution < -0.4 is 15.6 Å². The Bertz CT molecular complexity index is 2120. The van der Waals surface area contributed by atoms with Gasteiger partial charge in [0.2, 0.25) is 11.3 Å². The van der Waals surface area contributed by atoms with Crippen LogP contribution in [-0.2, 0) is 23.9 Å². The Morgan fingerprint density at radius 1 is 1.12 bits per heavy atom. The third kappa shape index (κ3) is 6.34. The molecule has 2 N–H and O–H groups in total. The van der Waals surface area contributed by atoms with E-state index in [0.717, 1.165) is 23.8 Å². The molecular formula is C33H33ClF3N9O4. The number of halogens is 4. The number of pyridine rings is 1. The number of nitrogens with zero attached hydrogens (tertiary/aromatic N) is 8. The summed E-state index contributed by atoms with van der Waals surface area (Å²) in [4.78, 5) is 57.5. The smallest absolute Gasteiger partial charge is 0.416 e. The molecule has 0 spiro atoms. The standard InChI is InChI=1S/C33H33ClF3N9O4/c1-5-21-28(44-10-11-45(23-9-8-22(23)44)32(50)27-29(48)17(4)38-15-39-27)30(49)26-31(43-42-24(41-26)12-16(2)3)46(21)14-25(47)40-20-7-6-18(13-19(20)34)33(35,36)37/h6-7,12-13,15,22-23,48H,5,8-11,14H2,1-4H3,(H,40,47)/t22-,23-/m0/s1. The quantitative estimate of drug-likeness (QED) is 0.273. The van der Waals surface area contributed by atoms with Gasteiger partial charge in [0.25, 0.3) is 5.91 Å². The summed E-state index contributed by atoms with van der Waals surface area (Å²) >= 11 is 6.11. The van der Waals surface area contributed by atoms with E-state index < -0.39 is 29.0 Å². The molecule has 2 amide bonds. The second kappa shape index (κ2) is 13.3. The molecule has 0 unspecified atom stereocenters. The number of benzene rings is 1. The first-order chi connectivity index (χ1) is 23.7. The van der Waals surface area contributed by atoms with Crippen molar-refractivity contribution in [3.05, 3.63) is 73.8 Å². The van der Waals surface area contributed by atoms with Gasteiger partial charge in [-0.25, -0.2) is 15.0 Å². The molecule has 3 aromatic heterocycles. The highest BCUT2D eigenvalue weighted by molar-refractivity contribution is 6.33. The highest BCUT2D eigenvalue weighted by Gasteiger charge is 2.47. The van der Waals surface area contributed by atoms with Gasteiger partial charge in [-0.3, -0.25) is 14.4 Å². The van der Waals surface area contributed by atoms with Crippen LogP contribution in [0.1, 0.15) is 66.9 Å². The summed E-state index contributed by atoms with van der Waals surface area (Å²) in [6.45, 7) is 7.18. The lowest BCUT2D eigenvalue weighted by molar-refractivity contribution is -0.137. The molecular weight excluding hydrogens is 679 g/mol. The van der Waals surface area contributed by atoms with Gasteiger partial charge in [-0.05, 0) is 64.3 Å². The lowest BCUT2D eigenvalue weighted by atomic mass is 9.81. The zero-order chi connectivity index (χ0) is 36.1. The lowest BCUT2D eigenvalue weighted by Gasteiger charge is -2.54. The fraction of sp³-hybridized carbons (Fsp3) is 0.394. The average molecular weight is 712 g/mol. The van der Waals surface area contributed by atoms with Crippen LogP contribution in [0.5, 0.6) is 5.75 Å². The number of carbonyl (C=O) groups excluding carboxylic acids is 2. The van der Waals surface area contributed by atoms with Gasteiger partial charge in [0.15, 0.2) is 28.4 Å². The van der Waals surface area contributed by atoms with Gasteiger partial charge in [-0.2, -0.15) is 13.2 Å². The molecule has 1 aliphatic carbocycles. The molecule has 1 saturated carbocycles. The first-order valence-corrected chi connectivity index (χ1v) is 16.3. The molecule has 2 atom stereocenters. The molecule has 17 heteroatoms. The van der Waals surface area contributed by atoms with Crippen LogP contribution in [-0.4, -0.2) is 76.7 Å². The molecule has 2 fully saturated rings. The molecule has 4 heterocycles. The van der Waals surface area contributed by atoms with Gasteiger partial charge in [0, 0.05) is 24.8 Å². The zero-order valence-electron chi connectivity index (χ0n) is 27.5. The number of aromatic nitrogens is 6. The van der Waals surface area contributed by atoms with Crippen LogP contribution in [0.3, 0.4) is 0 Å². The summed E-state index contributed by atoms with van der Waals surface area (Å²) in [5, 5.41) is 21.3. The van der Waals surface area contributed by atoms with Crippen molar-refractivity contribution >= 4 is 52.0 Å². The van der Waals surface area contributed by atoms with Crippen molar-refractivity contribution in [1.29, 1.82) is 0 Å². The van der Waals surface area contributed by atoms with E-state index in [-0.39, 0.29) is 83.0 Å². The van der Waals surface area contributed by atoms with Crippen LogP contribution in [0.15, 0.2) is 34.9 Å². The topological polar surface area (TPSA) is 159 Å². The predicted molar refractivity (Wildman–Crippen MR) is 179 cm³/mol. The molecule has 2 aliphatic rings. The SMILES string of the molecule is CCc1c(N2CCN(C(=O)c3ncnc(C)c3O)[C@H]3CC[C@@H]32)c(=O)c2nc(C=C(C)C)nnc2n1CC(=O)Nc1ccc(C(F)(F)F)cc1Cl. The van der Waals surface area contributed by atoms with E-state index in [1.54, 1.807) is 22.5 Å². The van der Waals surface area contributed by atoms with Gasteiger partial charge < -0.3 is 24.8 Å². The molecule has 13 nitrogen and oxygen atoms in total. The van der Waals surface area contributed by atoms with Crippen LogP contribution >= 0.6 is 11.6 Å². The Kier molecular flexibility index (Phi) is 9.24.